The second kappa shape index (κ2) is 7.15. The Morgan fingerprint density at radius 2 is 1.81 bits per heavy atom. The van der Waals surface area contributed by atoms with Crippen LogP contribution in [-0.2, 0) is 20.0 Å². The third-order valence-corrected chi connectivity index (χ3v) is 5.72. The number of nitrogens with zero attached hydrogens (tertiary/aromatic N) is 1. The molecule has 0 fully saturated rings. The molecule has 0 aliphatic carbocycles. The molecule has 0 aliphatic heterocycles. The molecular formula is C11H16Cl2N2O4S2. The molecule has 0 spiro atoms. The van der Waals surface area contributed by atoms with Gasteiger partial charge in [0.15, 0.2) is 0 Å². The SMILES string of the molecule is CCS(=O)(=O)NCCN(c1ccc(Cl)cc1Cl)S(C)(=O)=O. The lowest BCUT2D eigenvalue weighted by Gasteiger charge is -2.23. The van der Waals surface area contributed by atoms with E-state index in [1.54, 1.807) is 0 Å². The zero-order valence-corrected chi connectivity index (χ0v) is 14.7. The summed E-state index contributed by atoms with van der Waals surface area (Å²) < 4.78 is 49.8. The number of anilines is 1. The highest BCUT2D eigenvalue weighted by atomic mass is 35.5. The van der Waals surface area contributed by atoms with Gasteiger partial charge in [-0.1, -0.05) is 23.2 Å². The molecule has 0 heterocycles. The van der Waals surface area contributed by atoms with E-state index in [0.717, 1.165) is 10.6 Å². The molecule has 0 atom stereocenters. The van der Waals surface area contributed by atoms with Gasteiger partial charge in [-0.15, -0.1) is 0 Å². The predicted molar refractivity (Wildman–Crippen MR) is 86.1 cm³/mol. The van der Waals surface area contributed by atoms with Crippen molar-refractivity contribution in [2.24, 2.45) is 0 Å². The van der Waals surface area contributed by atoms with Gasteiger partial charge in [-0.05, 0) is 25.1 Å². The van der Waals surface area contributed by atoms with Crippen LogP contribution in [0.4, 0.5) is 5.69 Å². The number of nitrogens with one attached hydrogen (secondary N) is 1. The van der Waals surface area contributed by atoms with E-state index in [1.165, 1.54) is 25.1 Å². The molecule has 6 nitrogen and oxygen atoms in total. The number of rotatable bonds is 7. The maximum atomic E-state index is 11.9. The molecule has 1 aromatic carbocycles. The van der Waals surface area contributed by atoms with Gasteiger partial charge in [-0.3, -0.25) is 4.31 Å². The summed E-state index contributed by atoms with van der Waals surface area (Å²) in [5.41, 5.74) is 0.249. The van der Waals surface area contributed by atoms with Crippen LogP contribution in [0.5, 0.6) is 0 Å². The smallest absolute Gasteiger partial charge is 0.232 e. The molecular weight excluding hydrogens is 359 g/mol. The van der Waals surface area contributed by atoms with Crippen LogP contribution in [0.1, 0.15) is 6.92 Å². The van der Waals surface area contributed by atoms with E-state index < -0.39 is 20.0 Å². The maximum absolute atomic E-state index is 11.9. The molecule has 0 radical (unpaired) electrons. The monoisotopic (exact) mass is 374 g/mol. The summed E-state index contributed by atoms with van der Waals surface area (Å²) in [5.74, 6) is -0.0758. The second-order valence-electron chi connectivity index (χ2n) is 4.23. The van der Waals surface area contributed by atoms with Crippen LogP contribution >= 0.6 is 23.2 Å². The normalized spacial score (nSPS) is 12.4. The summed E-state index contributed by atoms with van der Waals surface area (Å²) in [6.07, 6.45) is 1.02. The van der Waals surface area contributed by atoms with Crippen LogP contribution in [-0.4, -0.2) is 41.9 Å². The highest BCUT2D eigenvalue weighted by Crippen LogP contribution is 2.30. The zero-order chi connectivity index (χ0) is 16.3. The lowest BCUT2D eigenvalue weighted by atomic mass is 10.3. The average molecular weight is 375 g/mol. The highest BCUT2D eigenvalue weighted by molar-refractivity contribution is 7.92. The van der Waals surface area contributed by atoms with Crippen molar-refractivity contribution in [2.45, 2.75) is 6.92 Å². The van der Waals surface area contributed by atoms with Crippen molar-refractivity contribution >= 4 is 48.9 Å². The molecule has 0 bridgehead atoms. The van der Waals surface area contributed by atoms with Gasteiger partial charge in [0.05, 0.1) is 22.7 Å². The van der Waals surface area contributed by atoms with Crippen LogP contribution in [0, 0.1) is 0 Å². The molecule has 0 saturated carbocycles. The minimum atomic E-state index is -3.61. The molecule has 0 aromatic heterocycles. The Hall–Kier alpha value is -0.540. The fourth-order valence-corrected chi connectivity index (χ4v) is 3.66. The largest absolute Gasteiger partial charge is 0.268 e. The molecule has 0 amide bonds. The molecule has 21 heavy (non-hydrogen) atoms. The summed E-state index contributed by atoms with van der Waals surface area (Å²) in [5, 5.41) is 0.551. The van der Waals surface area contributed by atoms with Crippen LogP contribution in [0.15, 0.2) is 18.2 Å². The Morgan fingerprint density at radius 1 is 1.19 bits per heavy atom. The molecule has 10 heteroatoms. The molecule has 1 N–H and O–H groups in total. The standard InChI is InChI=1S/C11H16Cl2N2O4S2/c1-3-21(18,19)14-6-7-15(20(2,16)17)11-5-4-9(12)8-10(11)13/h4-5,8,14H,3,6-7H2,1-2H3. The molecule has 1 rings (SSSR count). The Balaban J connectivity index is 2.98. The molecule has 0 saturated heterocycles. The van der Waals surface area contributed by atoms with Crippen molar-refractivity contribution < 1.29 is 16.8 Å². The number of sulfonamides is 2. The maximum Gasteiger partial charge on any atom is 0.232 e. The summed E-state index contributed by atoms with van der Waals surface area (Å²) in [7, 11) is -6.99. The molecule has 120 valence electrons. The number of hydrogen-bond donors (Lipinski definition) is 1. The van der Waals surface area contributed by atoms with E-state index in [1.807, 2.05) is 0 Å². The van der Waals surface area contributed by atoms with Gasteiger partial charge in [0.25, 0.3) is 0 Å². The number of benzene rings is 1. The summed E-state index contributed by atoms with van der Waals surface area (Å²) in [4.78, 5) is 0. The summed E-state index contributed by atoms with van der Waals surface area (Å²) >= 11 is 11.8. The second-order valence-corrected chi connectivity index (χ2v) is 9.07. The van der Waals surface area contributed by atoms with Gasteiger partial charge in [0.1, 0.15) is 0 Å². The van der Waals surface area contributed by atoms with E-state index >= 15 is 0 Å². The Morgan fingerprint density at radius 3 is 2.29 bits per heavy atom. The average Bonchev–Trinajstić information content (AvgIpc) is 2.34. The minimum absolute atomic E-state index is 0.0534. The van der Waals surface area contributed by atoms with Crippen molar-refractivity contribution in [1.29, 1.82) is 0 Å². The van der Waals surface area contributed by atoms with Crippen LogP contribution in [0.3, 0.4) is 0 Å². The number of halogens is 2. The van der Waals surface area contributed by atoms with Gasteiger partial charge in [0, 0.05) is 18.1 Å². The first-order chi connectivity index (χ1) is 9.57. The molecule has 0 aliphatic rings. The van der Waals surface area contributed by atoms with E-state index in [-0.39, 0.29) is 29.6 Å². The fraction of sp³-hybridized carbons (Fsp3) is 0.455. The lowest BCUT2D eigenvalue weighted by molar-refractivity contribution is 0.579. The Kier molecular flexibility index (Phi) is 6.30. The van der Waals surface area contributed by atoms with Gasteiger partial charge in [-0.2, -0.15) is 0 Å². The molecule has 0 unspecified atom stereocenters. The molecule has 1 aromatic rings. The van der Waals surface area contributed by atoms with Gasteiger partial charge in [0.2, 0.25) is 20.0 Å². The zero-order valence-electron chi connectivity index (χ0n) is 11.5. The van der Waals surface area contributed by atoms with Crippen LogP contribution in [0.2, 0.25) is 10.0 Å². The van der Waals surface area contributed by atoms with Crippen LogP contribution < -0.4 is 9.03 Å². The summed E-state index contributed by atoms with van der Waals surface area (Å²) in [6, 6.07) is 4.41. The van der Waals surface area contributed by atoms with E-state index in [0.29, 0.717) is 5.02 Å². The van der Waals surface area contributed by atoms with E-state index in [4.69, 9.17) is 23.2 Å². The lowest BCUT2D eigenvalue weighted by Crippen LogP contribution is -2.38. The third-order valence-electron chi connectivity index (χ3n) is 2.60. The van der Waals surface area contributed by atoms with Gasteiger partial charge < -0.3 is 0 Å². The third kappa shape index (κ3) is 5.63. The fourth-order valence-electron chi connectivity index (χ4n) is 1.55. The Labute approximate surface area is 135 Å². The highest BCUT2D eigenvalue weighted by Gasteiger charge is 2.20. The van der Waals surface area contributed by atoms with E-state index in [9.17, 15) is 16.8 Å². The van der Waals surface area contributed by atoms with Crippen molar-refractivity contribution in [3.05, 3.63) is 28.2 Å². The van der Waals surface area contributed by atoms with Crippen molar-refractivity contribution in [2.75, 3.05) is 29.4 Å². The summed E-state index contributed by atoms with van der Waals surface area (Å²) in [6.45, 7) is 1.37. The number of hydrogen-bond acceptors (Lipinski definition) is 4. The van der Waals surface area contributed by atoms with Gasteiger partial charge in [-0.25, -0.2) is 21.6 Å². The van der Waals surface area contributed by atoms with Crippen molar-refractivity contribution in [3.63, 3.8) is 0 Å². The first-order valence-corrected chi connectivity index (χ1v) is 10.2. The first-order valence-electron chi connectivity index (χ1n) is 5.97. The Bertz CT molecular complexity index is 705. The van der Waals surface area contributed by atoms with Crippen molar-refractivity contribution in [1.82, 2.24) is 4.72 Å². The van der Waals surface area contributed by atoms with Crippen molar-refractivity contribution in [3.8, 4) is 0 Å². The van der Waals surface area contributed by atoms with Crippen LogP contribution in [0.25, 0.3) is 0 Å². The van der Waals surface area contributed by atoms with E-state index in [2.05, 4.69) is 4.72 Å². The minimum Gasteiger partial charge on any atom is -0.268 e. The first kappa shape index (κ1) is 18.5. The van der Waals surface area contributed by atoms with Gasteiger partial charge >= 0.3 is 0 Å². The topological polar surface area (TPSA) is 83.6 Å². The predicted octanol–water partition coefficient (Wildman–Crippen LogP) is 1.70. The quantitative estimate of drug-likeness (QED) is 0.786.